The fourth-order valence-corrected chi connectivity index (χ4v) is 3.46. The molecule has 0 unspecified atom stereocenters. The summed E-state index contributed by atoms with van der Waals surface area (Å²) in [6.45, 7) is 5.18. The Morgan fingerprint density at radius 2 is 2.05 bits per heavy atom. The molecule has 2 rings (SSSR count). The molecule has 0 bridgehead atoms. The summed E-state index contributed by atoms with van der Waals surface area (Å²) >= 11 is 0. The highest BCUT2D eigenvalue weighted by Gasteiger charge is 2.31. The highest BCUT2D eigenvalue weighted by Crippen LogP contribution is 2.40. The van der Waals surface area contributed by atoms with E-state index in [-0.39, 0.29) is 4.90 Å². The maximum Gasteiger partial charge on any atom is 0.240 e. The van der Waals surface area contributed by atoms with Crippen LogP contribution in [0.15, 0.2) is 23.1 Å². The summed E-state index contributed by atoms with van der Waals surface area (Å²) in [6, 6.07) is 4.77. The van der Waals surface area contributed by atoms with Crippen molar-refractivity contribution in [3.05, 3.63) is 18.2 Å². The fourth-order valence-electron chi connectivity index (χ4n) is 2.39. The minimum absolute atomic E-state index is 0.245. The highest BCUT2D eigenvalue weighted by molar-refractivity contribution is 7.89. The number of anilines is 2. The number of nitrogen functional groups attached to an aromatic ring is 1. The molecular formula is C14H23N3O2S. The molecule has 1 aliphatic rings. The predicted octanol–water partition coefficient (Wildman–Crippen LogP) is 2.17. The third-order valence-corrected chi connectivity index (χ3v) is 5.48. The Kier molecular flexibility index (Phi) is 4.25. The molecule has 1 aliphatic carbocycles. The Bertz CT molecular complexity index is 580. The Morgan fingerprint density at radius 3 is 2.60 bits per heavy atom. The molecule has 20 heavy (non-hydrogen) atoms. The molecule has 1 aromatic carbocycles. The number of rotatable bonds is 6. The van der Waals surface area contributed by atoms with Crippen LogP contribution in [0.3, 0.4) is 0 Å². The van der Waals surface area contributed by atoms with Gasteiger partial charge in [0.15, 0.2) is 0 Å². The van der Waals surface area contributed by atoms with E-state index in [1.54, 1.807) is 19.1 Å². The number of hydrogen-bond donors (Lipinski definition) is 3. The van der Waals surface area contributed by atoms with Gasteiger partial charge in [0.2, 0.25) is 10.0 Å². The van der Waals surface area contributed by atoms with Gasteiger partial charge < -0.3 is 11.1 Å². The topological polar surface area (TPSA) is 84.2 Å². The van der Waals surface area contributed by atoms with Gasteiger partial charge in [-0.15, -0.1) is 0 Å². The number of benzene rings is 1. The van der Waals surface area contributed by atoms with E-state index < -0.39 is 10.0 Å². The monoisotopic (exact) mass is 297 g/mol. The van der Waals surface area contributed by atoms with Gasteiger partial charge >= 0.3 is 0 Å². The molecule has 1 saturated carbocycles. The van der Waals surface area contributed by atoms with Crippen LogP contribution in [0.1, 0.15) is 33.1 Å². The summed E-state index contributed by atoms with van der Waals surface area (Å²) in [6.07, 6.45) is 3.67. The van der Waals surface area contributed by atoms with Crippen LogP contribution in [0, 0.1) is 5.41 Å². The minimum atomic E-state index is -3.44. The normalized spacial score (nSPS) is 17.5. The largest absolute Gasteiger partial charge is 0.397 e. The van der Waals surface area contributed by atoms with Gasteiger partial charge in [-0.1, -0.05) is 20.3 Å². The van der Waals surface area contributed by atoms with Crippen LogP contribution in [0.25, 0.3) is 0 Å². The molecular weight excluding hydrogens is 274 g/mol. The highest BCUT2D eigenvalue weighted by atomic mass is 32.2. The fraction of sp³-hybridized carbons (Fsp3) is 0.571. The molecule has 0 spiro atoms. The molecule has 0 amide bonds. The molecule has 0 aromatic heterocycles. The lowest BCUT2D eigenvalue weighted by atomic mass is 9.70. The van der Waals surface area contributed by atoms with Gasteiger partial charge in [-0.25, -0.2) is 13.1 Å². The quantitative estimate of drug-likeness (QED) is 0.703. The second kappa shape index (κ2) is 5.61. The first kappa shape index (κ1) is 15.1. The zero-order valence-corrected chi connectivity index (χ0v) is 12.9. The van der Waals surface area contributed by atoms with Gasteiger partial charge in [0.1, 0.15) is 0 Å². The maximum absolute atomic E-state index is 12.0. The average Bonchev–Trinajstić information content (AvgIpc) is 2.35. The second-order valence-corrected chi connectivity index (χ2v) is 7.54. The van der Waals surface area contributed by atoms with E-state index in [0.29, 0.717) is 23.3 Å². The van der Waals surface area contributed by atoms with Crippen molar-refractivity contribution in [2.45, 2.75) is 38.0 Å². The van der Waals surface area contributed by atoms with Gasteiger partial charge in [0.25, 0.3) is 0 Å². The Morgan fingerprint density at radius 1 is 1.35 bits per heavy atom. The van der Waals surface area contributed by atoms with Gasteiger partial charge in [0, 0.05) is 13.1 Å². The minimum Gasteiger partial charge on any atom is -0.397 e. The summed E-state index contributed by atoms with van der Waals surface area (Å²) in [7, 11) is -3.44. The molecule has 0 radical (unpaired) electrons. The van der Waals surface area contributed by atoms with E-state index in [4.69, 9.17) is 5.73 Å². The van der Waals surface area contributed by atoms with E-state index in [2.05, 4.69) is 17.0 Å². The van der Waals surface area contributed by atoms with Crippen LogP contribution >= 0.6 is 0 Å². The summed E-state index contributed by atoms with van der Waals surface area (Å²) < 4.78 is 26.5. The predicted molar refractivity (Wildman–Crippen MR) is 82.2 cm³/mol. The standard InChI is InChI=1S/C14H23N3O2S/c1-3-17-20(18,19)11-5-6-12(15)13(9-11)16-10-14(2)7-4-8-14/h5-6,9,16-17H,3-4,7-8,10,15H2,1-2H3. The van der Waals surface area contributed by atoms with E-state index in [1.165, 1.54) is 25.3 Å². The van der Waals surface area contributed by atoms with Crippen molar-refractivity contribution in [1.82, 2.24) is 4.72 Å². The first-order chi connectivity index (χ1) is 9.36. The summed E-state index contributed by atoms with van der Waals surface area (Å²) in [5, 5.41) is 3.29. The summed E-state index contributed by atoms with van der Waals surface area (Å²) in [5.74, 6) is 0. The van der Waals surface area contributed by atoms with E-state index >= 15 is 0 Å². The van der Waals surface area contributed by atoms with Crippen molar-refractivity contribution in [1.29, 1.82) is 0 Å². The molecule has 1 aromatic rings. The van der Waals surface area contributed by atoms with E-state index in [1.807, 2.05) is 0 Å². The van der Waals surface area contributed by atoms with Crippen molar-refractivity contribution >= 4 is 21.4 Å². The first-order valence-corrected chi connectivity index (χ1v) is 8.48. The van der Waals surface area contributed by atoms with E-state index in [9.17, 15) is 8.42 Å². The first-order valence-electron chi connectivity index (χ1n) is 6.99. The van der Waals surface area contributed by atoms with Gasteiger partial charge in [-0.05, 0) is 36.5 Å². The van der Waals surface area contributed by atoms with Crippen molar-refractivity contribution < 1.29 is 8.42 Å². The molecule has 6 heteroatoms. The van der Waals surface area contributed by atoms with Gasteiger partial charge in [0.05, 0.1) is 16.3 Å². The molecule has 4 N–H and O–H groups in total. The molecule has 112 valence electrons. The average molecular weight is 297 g/mol. The van der Waals surface area contributed by atoms with Gasteiger partial charge in [-0.3, -0.25) is 0 Å². The molecule has 0 heterocycles. The smallest absolute Gasteiger partial charge is 0.240 e. The maximum atomic E-state index is 12.0. The lowest BCUT2D eigenvalue weighted by molar-refractivity contribution is 0.180. The molecule has 0 aliphatic heterocycles. The lowest BCUT2D eigenvalue weighted by Gasteiger charge is -2.38. The van der Waals surface area contributed by atoms with Crippen LogP contribution in [-0.2, 0) is 10.0 Å². The molecule has 0 saturated heterocycles. The lowest BCUT2D eigenvalue weighted by Crippen LogP contribution is -2.33. The van der Waals surface area contributed by atoms with Crippen molar-refractivity contribution in [2.75, 3.05) is 24.1 Å². The zero-order chi connectivity index (χ0) is 14.8. The molecule has 1 fully saturated rings. The van der Waals surface area contributed by atoms with Crippen LogP contribution in [0.4, 0.5) is 11.4 Å². The third-order valence-electron chi connectivity index (χ3n) is 3.94. The van der Waals surface area contributed by atoms with Crippen LogP contribution in [0.2, 0.25) is 0 Å². The number of nitrogens with one attached hydrogen (secondary N) is 2. The van der Waals surface area contributed by atoms with E-state index in [0.717, 1.165) is 6.54 Å². The van der Waals surface area contributed by atoms with Crippen molar-refractivity contribution in [3.63, 3.8) is 0 Å². The number of hydrogen-bond acceptors (Lipinski definition) is 4. The second-order valence-electron chi connectivity index (χ2n) is 5.77. The van der Waals surface area contributed by atoms with Crippen molar-refractivity contribution in [3.8, 4) is 0 Å². The Balaban J connectivity index is 2.16. The van der Waals surface area contributed by atoms with Gasteiger partial charge in [-0.2, -0.15) is 0 Å². The number of nitrogens with two attached hydrogens (primary N) is 1. The number of sulfonamides is 1. The van der Waals surface area contributed by atoms with Crippen LogP contribution in [0.5, 0.6) is 0 Å². The summed E-state index contributed by atoms with van der Waals surface area (Å²) in [5.41, 5.74) is 7.49. The van der Waals surface area contributed by atoms with Crippen molar-refractivity contribution in [2.24, 2.45) is 5.41 Å². The van der Waals surface area contributed by atoms with Crippen LogP contribution in [-0.4, -0.2) is 21.5 Å². The Hall–Kier alpha value is -1.27. The Labute approximate surface area is 121 Å². The summed E-state index contributed by atoms with van der Waals surface area (Å²) in [4.78, 5) is 0.245. The van der Waals surface area contributed by atoms with Crippen LogP contribution < -0.4 is 15.8 Å². The zero-order valence-electron chi connectivity index (χ0n) is 12.1. The molecule has 5 nitrogen and oxygen atoms in total. The SMILES string of the molecule is CCNS(=O)(=O)c1ccc(N)c(NCC2(C)CCC2)c1. The molecule has 0 atom stereocenters. The third kappa shape index (κ3) is 3.24.